The summed E-state index contributed by atoms with van der Waals surface area (Å²) in [7, 11) is 0. The second-order valence-electron chi connectivity index (χ2n) is 3.83. The number of halogens is 3. The second kappa shape index (κ2) is 5.16. The average Bonchev–Trinajstić information content (AvgIpc) is 2.25. The van der Waals surface area contributed by atoms with Crippen LogP contribution in [0.15, 0.2) is 24.5 Å². The highest BCUT2D eigenvalue weighted by atomic mass is 19.4. The zero-order chi connectivity index (χ0) is 13.1. The number of alkyl halides is 3. The van der Waals surface area contributed by atoms with E-state index in [0.29, 0.717) is 0 Å². The van der Waals surface area contributed by atoms with E-state index in [2.05, 4.69) is 0 Å². The minimum Gasteiger partial charge on any atom is -0.341 e. The van der Waals surface area contributed by atoms with Crippen molar-refractivity contribution in [1.82, 2.24) is 5.32 Å². The summed E-state index contributed by atoms with van der Waals surface area (Å²) in [5, 5.41) is 1.85. The fraction of sp³-hybridized carbons (Fsp3) is 0.455. The van der Waals surface area contributed by atoms with Gasteiger partial charge >= 0.3 is 6.18 Å². The summed E-state index contributed by atoms with van der Waals surface area (Å²) in [4.78, 5) is 11.4. The van der Waals surface area contributed by atoms with E-state index in [1.807, 2.05) is 12.2 Å². The molecule has 0 saturated carbocycles. The van der Waals surface area contributed by atoms with Gasteiger partial charge in [0, 0.05) is 19.1 Å². The van der Waals surface area contributed by atoms with Gasteiger partial charge in [-0.2, -0.15) is 17.7 Å². The quantitative estimate of drug-likeness (QED) is 0.807. The van der Waals surface area contributed by atoms with Gasteiger partial charge < -0.3 is 5.32 Å². The maximum atomic E-state index is 11.9. The van der Waals surface area contributed by atoms with Gasteiger partial charge in [-0.05, 0) is 12.5 Å². The van der Waals surface area contributed by atoms with E-state index in [-0.39, 0.29) is 0 Å². The Labute approximate surface area is 97.3 Å². The average molecular weight is 247 g/mol. The lowest BCUT2D eigenvalue weighted by Crippen LogP contribution is -2.48. The van der Waals surface area contributed by atoms with Gasteiger partial charge in [-0.3, -0.25) is 4.79 Å². The number of nitrogens with one attached hydrogen (secondary N) is 1. The number of pyridine rings is 1. The first-order valence-corrected chi connectivity index (χ1v) is 5.11. The van der Waals surface area contributed by atoms with Gasteiger partial charge in [0.25, 0.3) is 5.91 Å². The Kier molecular flexibility index (Phi) is 4.09. The van der Waals surface area contributed by atoms with Crippen molar-refractivity contribution < 1.29 is 22.5 Å². The third-order valence-electron chi connectivity index (χ3n) is 2.31. The van der Waals surface area contributed by atoms with E-state index < -0.39 is 24.7 Å². The standard InChI is InChI=1S/C11H13F3N2O/c1-8-3-5-16(6-4-8)9(2)10(17)15-7-11(12,13)14/h3-6,9H,7H2,1-2H3/p+1/t9-/m0/s1. The fourth-order valence-corrected chi connectivity index (χ4v) is 1.24. The Morgan fingerprint density at radius 1 is 1.41 bits per heavy atom. The maximum Gasteiger partial charge on any atom is 0.405 e. The molecule has 1 amide bonds. The highest BCUT2D eigenvalue weighted by Crippen LogP contribution is 2.12. The van der Waals surface area contributed by atoms with Crippen LogP contribution in [0.25, 0.3) is 0 Å². The van der Waals surface area contributed by atoms with Gasteiger partial charge in [-0.15, -0.1) is 0 Å². The predicted octanol–water partition coefficient (Wildman–Crippen LogP) is 1.52. The molecule has 0 aliphatic rings. The number of carbonyl (C=O) groups is 1. The lowest BCUT2D eigenvalue weighted by atomic mass is 10.2. The van der Waals surface area contributed by atoms with Crippen LogP contribution in [-0.2, 0) is 4.79 Å². The third-order valence-corrected chi connectivity index (χ3v) is 2.31. The monoisotopic (exact) mass is 247 g/mol. The van der Waals surface area contributed by atoms with Crippen LogP contribution in [0.5, 0.6) is 0 Å². The molecule has 0 radical (unpaired) electrons. The van der Waals surface area contributed by atoms with E-state index >= 15 is 0 Å². The van der Waals surface area contributed by atoms with Gasteiger partial charge in [0.1, 0.15) is 6.54 Å². The number of hydrogen-bond donors (Lipinski definition) is 1. The molecule has 1 aromatic rings. The van der Waals surface area contributed by atoms with Crippen LogP contribution in [0.2, 0.25) is 0 Å². The lowest BCUT2D eigenvalue weighted by molar-refractivity contribution is -0.706. The number of nitrogens with zero attached hydrogens (tertiary/aromatic N) is 1. The molecule has 1 aromatic heterocycles. The summed E-state index contributed by atoms with van der Waals surface area (Å²) in [5.41, 5.74) is 1.02. The van der Waals surface area contributed by atoms with E-state index in [1.54, 1.807) is 36.0 Å². The van der Waals surface area contributed by atoms with Crippen molar-refractivity contribution in [2.45, 2.75) is 26.1 Å². The Morgan fingerprint density at radius 2 is 1.94 bits per heavy atom. The molecule has 6 heteroatoms. The minimum atomic E-state index is -4.38. The first-order valence-electron chi connectivity index (χ1n) is 5.11. The maximum absolute atomic E-state index is 11.9. The van der Waals surface area contributed by atoms with Crippen LogP contribution in [0.4, 0.5) is 13.2 Å². The van der Waals surface area contributed by atoms with Gasteiger partial charge in [-0.25, -0.2) is 0 Å². The van der Waals surface area contributed by atoms with Crippen molar-refractivity contribution in [1.29, 1.82) is 0 Å². The fourth-order valence-electron chi connectivity index (χ4n) is 1.24. The summed E-state index contributed by atoms with van der Waals surface area (Å²) in [6.45, 7) is 2.13. The van der Waals surface area contributed by atoms with E-state index in [9.17, 15) is 18.0 Å². The number of hydrogen-bond acceptors (Lipinski definition) is 1. The van der Waals surface area contributed by atoms with Crippen molar-refractivity contribution in [3.63, 3.8) is 0 Å². The zero-order valence-corrected chi connectivity index (χ0v) is 9.58. The van der Waals surface area contributed by atoms with Crippen molar-refractivity contribution in [2.75, 3.05) is 6.54 Å². The first-order chi connectivity index (χ1) is 7.79. The summed E-state index contributed by atoms with van der Waals surface area (Å²) in [6, 6.07) is 2.90. The van der Waals surface area contributed by atoms with Gasteiger partial charge in [-0.1, -0.05) is 0 Å². The van der Waals surface area contributed by atoms with Gasteiger partial charge in [0.15, 0.2) is 12.4 Å². The van der Waals surface area contributed by atoms with Crippen LogP contribution < -0.4 is 9.88 Å². The minimum absolute atomic E-state index is 0.656. The van der Waals surface area contributed by atoms with Crippen LogP contribution in [0.1, 0.15) is 18.5 Å². The van der Waals surface area contributed by atoms with Crippen molar-refractivity contribution in [3.8, 4) is 0 Å². The van der Waals surface area contributed by atoms with E-state index in [0.717, 1.165) is 5.56 Å². The normalized spacial score (nSPS) is 13.2. The first kappa shape index (κ1) is 13.5. The van der Waals surface area contributed by atoms with Crippen molar-refractivity contribution in [2.24, 2.45) is 0 Å². The van der Waals surface area contributed by atoms with Crippen LogP contribution >= 0.6 is 0 Å². The molecular weight excluding hydrogens is 233 g/mol. The second-order valence-corrected chi connectivity index (χ2v) is 3.83. The number of carbonyl (C=O) groups excluding carboxylic acids is 1. The molecule has 3 nitrogen and oxygen atoms in total. The molecule has 0 aromatic carbocycles. The molecule has 94 valence electrons. The SMILES string of the molecule is Cc1cc[n+]([C@@H](C)C(=O)NCC(F)(F)F)cc1. The number of rotatable bonds is 3. The largest absolute Gasteiger partial charge is 0.405 e. The predicted molar refractivity (Wildman–Crippen MR) is 55.1 cm³/mol. The van der Waals surface area contributed by atoms with Gasteiger partial charge in [0.05, 0.1) is 0 Å². The molecule has 0 saturated heterocycles. The van der Waals surface area contributed by atoms with Crippen LogP contribution in [0, 0.1) is 6.92 Å². The smallest absolute Gasteiger partial charge is 0.341 e. The van der Waals surface area contributed by atoms with E-state index in [4.69, 9.17) is 0 Å². The highest BCUT2D eigenvalue weighted by molar-refractivity contribution is 5.78. The molecule has 1 N–H and O–H groups in total. The van der Waals surface area contributed by atoms with Crippen molar-refractivity contribution >= 4 is 5.91 Å². The number of amides is 1. The molecule has 0 unspecified atom stereocenters. The topological polar surface area (TPSA) is 33.0 Å². The Bertz CT molecular complexity index is 387. The molecule has 0 fully saturated rings. The highest BCUT2D eigenvalue weighted by Gasteiger charge is 2.30. The summed E-state index contributed by atoms with van der Waals surface area (Å²) < 4.78 is 37.3. The summed E-state index contributed by atoms with van der Waals surface area (Å²) in [5.74, 6) is -0.656. The molecule has 17 heavy (non-hydrogen) atoms. The van der Waals surface area contributed by atoms with E-state index in [1.165, 1.54) is 0 Å². The molecule has 0 bridgehead atoms. The van der Waals surface area contributed by atoms with Crippen LogP contribution in [-0.4, -0.2) is 18.6 Å². The van der Waals surface area contributed by atoms with Gasteiger partial charge in [0.2, 0.25) is 6.04 Å². The Hall–Kier alpha value is -1.59. The molecular formula is C11H14F3N2O+. The molecule has 0 spiro atoms. The molecule has 1 atom stereocenters. The third kappa shape index (κ3) is 4.42. The molecule has 1 heterocycles. The summed E-state index contributed by atoms with van der Waals surface area (Å²) in [6.07, 6.45) is -1.06. The number of aromatic nitrogens is 1. The Balaban J connectivity index is 2.61. The van der Waals surface area contributed by atoms with Crippen molar-refractivity contribution in [3.05, 3.63) is 30.1 Å². The molecule has 0 aliphatic heterocycles. The number of aryl methyl sites for hydroxylation is 1. The van der Waals surface area contributed by atoms with Crippen LogP contribution in [0.3, 0.4) is 0 Å². The summed E-state index contributed by atoms with van der Waals surface area (Å²) >= 11 is 0. The Morgan fingerprint density at radius 3 is 2.41 bits per heavy atom. The zero-order valence-electron chi connectivity index (χ0n) is 9.58. The molecule has 0 aliphatic carbocycles. The molecule has 1 rings (SSSR count). The lowest BCUT2D eigenvalue weighted by Gasteiger charge is -2.10.